The highest BCUT2D eigenvalue weighted by molar-refractivity contribution is 6.13. The lowest BCUT2D eigenvalue weighted by Crippen LogP contribution is -2.43. The summed E-state index contributed by atoms with van der Waals surface area (Å²) < 4.78 is 4.48. The van der Waals surface area contributed by atoms with E-state index in [2.05, 4.69) is 10.1 Å². The summed E-state index contributed by atoms with van der Waals surface area (Å²) in [6.45, 7) is 3.79. The van der Waals surface area contributed by atoms with Crippen molar-refractivity contribution in [2.24, 2.45) is 0 Å². The molecule has 96 valence electrons. The Morgan fingerprint density at radius 2 is 1.94 bits per heavy atom. The Balaban J connectivity index is 3.05. The number of amides is 1. The molecule has 0 heterocycles. The van der Waals surface area contributed by atoms with E-state index in [0.717, 1.165) is 18.2 Å². The van der Waals surface area contributed by atoms with Gasteiger partial charge in [0.2, 0.25) is 6.41 Å². The molecule has 0 spiro atoms. The minimum absolute atomic E-state index is 0.306. The maximum atomic E-state index is 12.1. The molecule has 1 rings (SSSR count). The van der Waals surface area contributed by atoms with Crippen molar-refractivity contribution >= 4 is 18.2 Å². The van der Waals surface area contributed by atoms with E-state index in [9.17, 15) is 14.4 Å². The summed E-state index contributed by atoms with van der Waals surface area (Å²) in [7, 11) is 1.16. The van der Waals surface area contributed by atoms with Crippen molar-refractivity contribution in [3.8, 4) is 0 Å². The minimum atomic E-state index is -1.30. The molecule has 0 bridgehead atoms. The number of ketones is 1. The molecule has 0 aliphatic carbocycles. The quantitative estimate of drug-likeness (QED) is 0.362. The van der Waals surface area contributed by atoms with Crippen molar-refractivity contribution in [3.05, 3.63) is 34.9 Å². The number of carbonyl (C=O) groups excluding carboxylic acids is 3. The Labute approximate surface area is 105 Å². The molecule has 0 unspecified atom stereocenters. The summed E-state index contributed by atoms with van der Waals surface area (Å²) in [6, 6.07) is 3.79. The molecule has 1 N–H and O–H groups in total. The van der Waals surface area contributed by atoms with Crippen LogP contribution in [0.5, 0.6) is 0 Å². The van der Waals surface area contributed by atoms with Crippen molar-refractivity contribution in [1.82, 2.24) is 5.32 Å². The number of benzene rings is 1. The average molecular weight is 249 g/mol. The van der Waals surface area contributed by atoms with E-state index < -0.39 is 17.8 Å². The van der Waals surface area contributed by atoms with Crippen LogP contribution >= 0.6 is 0 Å². The largest absolute Gasteiger partial charge is 0.467 e. The highest BCUT2D eigenvalue weighted by Gasteiger charge is 2.28. The van der Waals surface area contributed by atoms with Crippen LogP contribution in [-0.2, 0) is 14.3 Å². The fourth-order valence-electron chi connectivity index (χ4n) is 1.50. The SMILES string of the molecule is COC(=O)[C@@H](NC=O)C(=O)c1ccc(C)c(C)c1. The predicted octanol–water partition coefficient (Wildman–Crippen LogP) is 0.774. The Hall–Kier alpha value is -2.17. The molecule has 5 nitrogen and oxygen atoms in total. The molecule has 18 heavy (non-hydrogen) atoms. The maximum Gasteiger partial charge on any atom is 0.336 e. The molecule has 0 saturated heterocycles. The monoisotopic (exact) mass is 249 g/mol. The van der Waals surface area contributed by atoms with Crippen LogP contribution in [0.3, 0.4) is 0 Å². The molecule has 0 aliphatic rings. The summed E-state index contributed by atoms with van der Waals surface area (Å²) >= 11 is 0. The van der Waals surface area contributed by atoms with Crippen LogP contribution in [-0.4, -0.2) is 31.3 Å². The fraction of sp³-hybridized carbons (Fsp3) is 0.308. The Morgan fingerprint density at radius 1 is 1.28 bits per heavy atom. The van der Waals surface area contributed by atoms with Crippen LogP contribution in [0.1, 0.15) is 21.5 Å². The van der Waals surface area contributed by atoms with E-state index in [1.165, 1.54) is 0 Å². The lowest BCUT2D eigenvalue weighted by atomic mass is 10.00. The smallest absolute Gasteiger partial charge is 0.336 e. The summed E-state index contributed by atoms with van der Waals surface area (Å²) in [5.41, 5.74) is 2.35. The number of methoxy groups -OCH3 is 1. The van der Waals surface area contributed by atoms with E-state index in [0.29, 0.717) is 12.0 Å². The van der Waals surface area contributed by atoms with E-state index in [4.69, 9.17) is 0 Å². The van der Waals surface area contributed by atoms with Gasteiger partial charge in [-0.1, -0.05) is 12.1 Å². The molecule has 5 heteroatoms. The second-order valence-electron chi connectivity index (χ2n) is 3.90. The molecule has 0 radical (unpaired) electrons. The first-order valence-corrected chi connectivity index (χ1v) is 5.40. The van der Waals surface area contributed by atoms with Gasteiger partial charge in [-0.3, -0.25) is 9.59 Å². The first kappa shape index (κ1) is 13.9. The first-order valence-electron chi connectivity index (χ1n) is 5.40. The molecule has 1 aromatic carbocycles. The molecule has 1 aromatic rings. The molecule has 0 aromatic heterocycles. The highest BCUT2D eigenvalue weighted by Crippen LogP contribution is 2.12. The third-order valence-corrected chi connectivity index (χ3v) is 2.73. The third-order valence-electron chi connectivity index (χ3n) is 2.73. The number of Topliss-reactive ketones (excluding diaryl/α,β-unsaturated/α-hetero) is 1. The Morgan fingerprint density at radius 3 is 2.44 bits per heavy atom. The number of esters is 1. The summed E-state index contributed by atoms with van der Waals surface area (Å²) in [6.07, 6.45) is 0.306. The Bertz CT molecular complexity index is 482. The summed E-state index contributed by atoms with van der Waals surface area (Å²) in [4.78, 5) is 33.9. The standard InChI is InChI=1S/C13H15NO4/c1-8-4-5-10(6-9(8)2)12(16)11(14-7-15)13(17)18-3/h4-7,11H,1-3H3,(H,14,15)/t11-/m0/s1. The third kappa shape index (κ3) is 2.94. The normalized spacial score (nSPS) is 11.5. The number of ether oxygens (including phenoxy) is 1. The van der Waals surface area contributed by atoms with Gasteiger partial charge in [-0.2, -0.15) is 0 Å². The van der Waals surface area contributed by atoms with E-state index in [-0.39, 0.29) is 0 Å². The van der Waals surface area contributed by atoms with Crippen molar-refractivity contribution in [1.29, 1.82) is 0 Å². The topological polar surface area (TPSA) is 72.5 Å². The second-order valence-corrected chi connectivity index (χ2v) is 3.90. The van der Waals surface area contributed by atoms with Crippen LogP contribution in [0, 0.1) is 13.8 Å². The molecule has 1 amide bonds. The van der Waals surface area contributed by atoms with Crippen LogP contribution in [0.25, 0.3) is 0 Å². The maximum absolute atomic E-state index is 12.1. The lowest BCUT2D eigenvalue weighted by molar-refractivity contribution is -0.142. The van der Waals surface area contributed by atoms with Crippen LogP contribution in [0.4, 0.5) is 0 Å². The van der Waals surface area contributed by atoms with Gasteiger partial charge in [0.1, 0.15) is 0 Å². The number of hydrogen-bond acceptors (Lipinski definition) is 4. The van der Waals surface area contributed by atoms with Gasteiger partial charge in [0.15, 0.2) is 11.8 Å². The number of aryl methyl sites for hydroxylation is 2. The summed E-state index contributed by atoms with van der Waals surface area (Å²) in [5.74, 6) is -1.28. The van der Waals surface area contributed by atoms with Crippen molar-refractivity contribution in [2.75, 3.05) is 7.11 Å². The van der Waals surface area contributed by atoms with Gasteiger partial charge in [0.05, 0.1) is 7.11 Å². The van der Waals surface area contributed by atoms with Crippen molar-refractivity contribution in [2.45, 2.75) is 19.9 Å². The zero-order valence-electron chi connectivity index (χ0n) is 10.5. The van der Waals surface area contributed by atoms with Gasteiger partial charge < -0.3 is 10.1 Å². The van der Waals surface area contributed by atoms with Gasteiger partial charge in [0.25, 0.3) is 0 Å². The van der Waals surface area contributed by atoms with Crippen LogP contribution in [0.2, 0.25) is 0 Å². The highest BCUT2D eigenvalue weighted by atomic mass is 16.5. The minimum Gasteiger partial charge on any atom is -0.467 e. The first-order chi connectivity index (χ1) is 8.51. The van der Waals surface area contributed by atoms with Crippen molar-refractivity contribution in [3.63, 3.8) is 0 Å². The van der Waals surface area contributed by atoms with Crippen LogP contribution in [0.15, 0.2) is 18.2 Å². The fourth-order valence-corrected chi connectivity index (χ4v) is 1.50. The zero-order valence-corrected chi connectivity index (χ0v) is 10.5. The lowest BCUT2D eigenvalue weighted by Gasteiger charge is -2.13. The average Bonchev–Trinajstić information content (AvgIpc) is 2.37. The number of nitrogens with one attached hydrogen (secondary N) is 1. The number of hydrogen-bond donors (Lipinski definition) is 1. The Kier molecular flexibility index (Phi) is 4.59. The van der Waals surface area contributed by atoms with Crippen molar-refractivity contribution < 1.29 is 19.1 Å². The van der Waals surface area contributed by atoms with Crippen LogP contribution < -0.4 is 5.32 Å². The molecule has 0 fully saturated rings. The van der Waals surface area contributed by atoms with Gasteiger partial charge >= 0.3 is 5.97 Å². The molecule has 0 aliphatic heterocycles. The summed E-state index contributed by atoms with van der Waals surface area (Å²) in [5, 5.41) is 2.16. The van der Waals surface area contributed by atoms with Gasteiger partial charge in [0, 0.05) is 5.56 Å². The van der Waals surface area contributed by atoms with E-state index >= 15 is 0 Å². The molecular weight excluding hydrogens is 234 g/mol. The number of carbonyl (C=O) groups is 3. The molecular formula is C13H15NO4. The second kappa shape index (κ2) is 5.95. The predicted molar refractivity (Wildman–Crippen MR) is 65.3 cm³/mol. The zero-order chi connectivity index (χ0) is 13.7. The van der Waals surface area contributed by atoms with Gasteiger partial charge in [-0.05, 0) is 31.0 Å². The molecule has 1 atom stereocenters. The van der Waals surface area contributed by atoms with E-state index in [1.54, 1.807) is 18.2 Å². The van der Waals surface area contributed by atoms with E-state index in [1.807, 2.05) is 13.8 Å². The van der Waals surface area contributed by atoms with Gasteiger partial charge in [-0.15, -0.1) is 0 Å². The molecule has 0 saturated carbocycles. The van der Waals surface area contributed by atoms with Gasteiger partial charge in [-0.25, -0.2) is 4.79 Å². The number of rotatable bonds is 5.